The van der Waals surface area contributed by atoms with Gasteiger partial charge >= 0.3 is 5.97 Å². The molecule has 0 aliphatic carbocycles. The van der Waals surface area contributed by atoms with E-state index in [4.69, 9.17) is 14.5 Å². The van der Waals surface area contributed by atoms with Crippen molar-refractivity contribution in [3.63, 3.8) is 0 Å². The number of esters is 1. The van der Waals surface area contributed by atoms with Gasteiger partial charge in [0.1, 0.15) is 5.69 Å². The van der Waals surface area contributed by atoms with E-state index in [1.165, 1.54) is 7.11 Å². The van der Waals surface area contributed by atoms with Crippen LogP contribution in [0.5, 0.6) is 0 Å². The summed E-state index contributed by atoms with van der Waals surface area (Å²) in [6.45, 7) is 9.21. The van der Waals surface area contributed by atoms with Crippen molar-refractivity contribution in [1.82, 2.24) is 20.0 Å². The molecule has 0 aromatic carbocycles. The molecule has 3 heterocycles. The molecule has 9 heteroatoms. The lowest BCUT2D eigenvalue weighted by atomic mass is 9.89. The van der Waals surface area contributed by atoms with Crippen LogP contribution >= 0.6 is 0 Å². The number of ether oxygens (including phenoxy) is 2. The predicted molar refractivity (Wildman–Crippen MR) is 115 cm³/mol. The van der Waals surface area contributed by atoms with E-state index in [0.717, 1.165) is 30.3 Å². The molecular weight excluding hydrogens is 400 g/mol. The van der Waals surface area contributed by atoms with Gasteiger partial charge in [-0.05, 0) is 31.7 Å². The third kappa shape index (κ3) is 5.33. The van der Waals surface area contributed by atoms with Gasteiger partial charge in [0.2, 0.25) is 0 Å². The minimum absolute atomic E-state index is 0.0881. The largest absolute Gasteiger partial charge is 0.469 e. The molecule has 2 unspecified atom stereocenters. The lowest BCUT2D eigenvalue weighted by Crippen LogP contribution is -2.29. The topological polar surface area (TPSA) is 99.4 Å². The number of aliphatic hydroxyl groups is 1. The fourth-order valence-electron chi connectivity index (χ4n) is 3.90. The number of nitrogens with zero attached hydrogens (tertiary/aromatic N) is 4. The van der Waals surface area contributed by atoms with Crippen LogP contribution in [0.25, 0.3) is 11.4 Å². The summed E-state index contributed by atoms with van der Waals surface area (Å²) >= 11 is 0. The molecule has 8 nitrogen and oxygen atoms in total. The van der Waals surface area contributed by atoms with Crippen molar-refractivity contribution in [3.8, 4) is 11.4 Å². The lowest BCUT2D eigenvalue weighted by Gasteiger charge is -2.30. The molecule has 1 saturated heterocycles. The van der Waals surface area contributed by atoms with Crippen LogP contribution in [-0.2, 0) is 27.0 Å². The maximum Gasteiger partial charge on any atom is 0.305 e. The number of carbonyl (C=O) groups is 1. The van der Waals surface area contributed by atoms with Crippen LogP contribution in [0, 0.1) is 12.8 Å². The van der Waals surface area contributed by atoms with E-state index in [-0.39, 0.29) is 24.6 Å². The summed E-state index contributed by atoms with van der Waals surface area (Å²) in [5.74, 6) is 0.0708. The monoisotopic (exact) mass is 432 g/mol. The zero-order valence-corrected chi connectivity index (χ0v) is 19.5. The number of aromatic nitrogens is 4. The summed E-state index contributed by atoms with van der Waals surface area (Å²) in [5, 5.41) is 18.5. The minimum Gasteiger partial charge on any atom is -0.469 e. The molecular formula is C21H32N4O4Si. The van der Waals surface area contributed by atoms with Gasteiger partial charge in [-0.3, -0.25) is 9.78 Å². The van der Waals surface area contributed by atoms with E-state index < -0.39 is 8.07 Å². The van der Waals surface area contributed by atoms with Gasteiger partial charge in [-0.25, -0.2) is 4.68 Å². The molecule has 30 heavy (non-hydrogen) atoms. The molecule has 3 rings (SSSR count). The Kier molecular flexibility index (Phi) is 7.05. The standard InChI is InChI=1S/C21H32N4O4Si/c1-14-16(19-10-15(8-9-29-19)11-20(27)28-2)6-7-17(22-14)21-18(12-26)25(24-23-21)13-30(3,4)5/h6-7,15,19,26H,8-13H2,1-5H3. The second-order valence-electron chi connectivity index (χ2n) is 9.16. The summed E-state index contributed by atoms with van der Waals surface area (Å²) in [6, 6.07) is 3.93. The van der Waals surface area contributed by atoms with Crippen LogP contribution in [0.4, 0.5) is 0 Å². The Labute approximate surface area is 178 Å². The summed E-state index contributed by atoms with van der Waals surface area (Å²) in [7, 11) is 0.00554. The minimum atomic E-state index is -1.42. The first-order chi connectivity index (χ1) is 14.2. The van der Waals surface area contributed by atoms with Crippen LogP contribution in [0.15, 0.2) is 12.1 Å². The third-order valence-electron chi connectivity index (χ3n) is 5.40. The number of methoxy groups -OCH3 is 1. The van der Waals surface area contributed by atoms with Crippen molar-refractivity contribution < 1.29 is 19.4 Å². The van der Waals surface area contributed by atoms with Gasteiger partial charge in [0.25, 0.3) is 0 Å². The first-order valence-corrected chi connectivity index (χ1v) is 14.1. The predicted octanol–water partition coefficient (Wildman–Crippen LogP) is 3.05. The van der Waals surface area contributed by atoms with Gasteiger partial charge in [-0.1, -0.05) is 30.9 Å². The fourth-order valence-corrected chi connectivity index (χ4v) is 5.05. The second kappa shape index (κ2) is 9.36. The van der Waals surface area contributed by atoms with Crippen LogP contribution in [0.3, 0.4) is 0 Å². The molecule has 2 aromatic heterocycles. The molecule has 1 N–H and O–H groups in total. The van der Waals surface area contributed by atoms with Crippen LogP contribution in [-0.4, -0.2) is 52.8 Å². The third-order valence-corrected chi connectivity index (χ3v) is 6.65. The van der Waals surface area contributed by atoms with E-state index in [1.807, 2.05) is 23.7 Å². The normalized spacial score (nSPS) is 19.7. The van der Waals surface area contributed by atoms with E-state index in [2.05, 4.69) is 30.0 Å². The highest BCUT2D eigenvalue weighted by atomic mass is 28.3. The van der Waals surface area contributed by atoms with Crippen LogP contribution in [0.1, 0.15) is 42.3 Å². The first kappa shape index (κ1) is 22.6. The SMILES string of the molecule is COC(=O)CC1CCOC(c2ccc(-c3nnn(C[Si](C)(C)C)c3CO)nc2C)C1. The average molecular weight is 433 g/mol. The van der Waals surface area contributed by atoms with Crippen molar-refractivity contribution in [2.45, 2.75) is 64.7 Å². The van der Waals surface area contributed by atoms with E-state index in [0.29, 0.717) is 30.1 Å². The van der Waals surface area contributed by atoms with Crippen molar-refractivity contribution in [3.05, 3.63) is 29.1 Å². The molecule has 0 saturated carbocycles. The Bertz CT molecular complexity index is 894. The Morgan fingerprint density at radius 2 is 2.13 bits per heavy atom. The number of rotatable bonds is 7. The zero-order chi connectivity index (χ0) is 21.9. The van der Waals surface area contributed by atoms with Gasteiger partial charge in [-0.2, -0.15) is 0 Å². The number of pyridine rings is 1. The molecule has 0 radical (unpaired) electrons. The molecule has 1 aliphatic heterocycles. The smallest absolute Gasteiger partial charge is 0.305 e. The Morgan fingerprint density at radius 1 is 1.37 bits per heavy atom. The molecule has 1 fully saturated rings. The first-order valence-electron chi connectivity index (χ1n) is 10.4. The molecule has 2 atom stereocenters. The number of hydrogen-bond donors (Lipinski definition) is 1. The van der Waals surface area contributed by atoms with Gasteiger partial charge in [-0.15, -0.1) is 5.10 Å². The van der Waals surface area contributed by atoms with E-state index in [1.54, 1.807) is 0 Å². The van der Waals surface area contributed by atoms with E-state index >= 15 is 0 Å². The summed E-state index contributed by atoms with van der Waals surface area (Å²) in [5.41, 5.74) is 3.90. The van der Waals surface area contributed by atoms with Crippen molar-refractivity contribution >= 4 is 14.0 Å². The average Bonchev–Trinajstić information content (AvgIpc) is 3.08. The van der Waals surface area contributed by atoms with Crippen LogP contribution < -0.4 is 0 Å². The second-order valence-corrected chi connectivity index (χ2v) is 14.6. The van der Waals surface area contributed by atoms with E-state index in [9.17, 15) is 9.90 Å². The van der Waals surface area contributed by atoms with Gasteiger partial charge in [0.05, 0.1) is 39.3 Å². The van der Waals surface area contributed by atoms with Crippen molar-refractivity contribution in [2.75, 3.05) is 13.7 Å². The summed E-state index contributed by atoms with van der Waals surface area (Å²) < 4.78 is 12.6. The highest BCUT2D eigenvalue weighted by Crippen LogP contribution is 2.35. The van der Waals surface area contributed by atoms with Crippen molar-refractivity contribution in [2.24, 2.45) is 5.92 Å². The molecule has 164 valence electrons. The van der Waals surface area contributed by atoms with Gasteiger partial charge in [0.15, 0.2) is 0 Å². The maximum absolute atomic E-state index is 11.6. The number of carbonyl (C=O) groups excluding carboxylic acids is 1. The number of aryl methyl sites for hydroxylation is 1. The quantitative estimate of drug-likeness (QED) is 0.530. The number of aliphatic hydroxyl groups excluding tert-OH is 1. The van der Waals surface area contributed by atoms with Gasteiger partial charge < -0.3 is 14.6 Å². The Morgan fingerprint density at radius 3 is 2.77 bits per heavy atom. The van der Waals surface area contributed by atoms with Gasteiger partial charge in [0, 0.05) is 30.5 Å². The van der Waals surface area contributed by atoms with Crippen LogP contribution in [0.2, 0.25) is 19.6 Å². The maximum atomic E-state index is 11.6. The van der Waals surface area contributed by atoms with Crippen molar-refractivity contribution in [1.29, 1.82) is 0 Å². The molecule has 0 amide bonds. The molecule has 0 spiro atoms. The molecule has 0 bridgehead atoms. The number of hydrogen-bond acceptors (Lipinski definition) is 7. The fraction of sp³-hybridized carbons (Fsp3) is 0.619. The molecule has 2 aromatic rings. The lowest BCUT2D eigenvalue weighted by molar-refractivity contribution is -0.143. The summed E-state index contributed by atoms with van der Waals surface area (Å²) in [4.78, 5) is 16.4. The highest BCUT2D eigenvalue weighted by Gasteiger charge is 2.28. The zero-order valence-electron chi connectivity index (χ0n) is 18.5. The summed E-state index contributed by atoms with van der Waals surface area (Å²) in [6.07, 6.45) is 2.75. The molecule has 1 aliphatic rings. The highest BCUT2D eigenvalue weighted by molar-refractivity contribution is 6.74. The Balaban J connectivity index is 1.81. The Hall–Kier alpha value is -2.10.